The summed E-state index contributed by atoms with van der Waals surface area (Å²) in [6.07, 6.45) is 3.48. The maximum Gasteiger partial charge on any atom is 0.312 e. The third kappa shape index (κ3) is 1.57. The first-order valence-corrected chi connectivity index (χ1v) is 7.39. The van der Waals surface area contributed by atoms with E-state index in [1.54, 1.807) is 4.90 Å². The Morgan fingerprint density at radius 1 is 1.41 bits per heavy atom. The fourth-order valence-corrected chi connectivity index (χ4v) is 3.97. The zero-order valence-electron chi connectivity index (χ0n) is 12.5. The van der Waals surface area contributed by atoms with Gasteiger partial charge < -0.3 is 14.4 Å². The molecule has 1 aromatic carbocycles. The second-order valence-electron chi connectivity index (χ2n) is 6.13. The summed E-state index contributed by atoms with van der Waals surface area (Å²) in [4.78, 5) is 26.8. The molecule has 114 valence electrons. The number of methoxy groups -OCH3 is 1. The molecule has 3 aliphatic rings. The molecule has 22 heavy (non-hydrogen) atoms. The standard InChI is InChI=1S/C17H17NO4/c1-10-5-3-4-6-11(10)18-9-17-8-7-12(22-17)13(16(20)21-2)14(17)15(18)19/h3-8,12-14H,9H2,1-2H3/t12-,13+,14+,17-/m1/s1. The zero-order valence-corrected chi connectivity index (χ0v) is 12.5. The Bertz CT molecular complexity index is 698. The summed E-state index contributed by atoms with van der Waals surface area (Å²) in [5.41, 5.74) is 1.21. The number of ether oxygens (including phenoxy) is 2. The molecule has 0 aliphatic carbocycles. The normalized spacial score (nSPS) is 35.1. The smallest absolute Gasteiger partial charge is 0.312 e. The van der Waals surface area contributed by atoms with E-state index in [0.29, 0.717) is 6.54 Å². The maximum absolute atomic E-state index is 13.0. The number of carbonyl (C=O) groups excluding carboxylic acids is 2. The van der Waals surface area contributed by atoms with Gasteiger partial charge in [-0.25, -0.2) is 0 Å². The number of rotatable bonds is 2. The van der Waals surface area contributed by atoms with Crippen LogP contribution in [0.2, 0.25) is 0 Å². The van der Waals surface area contributed by atoms with Gasteiger partial charge in [-0.15, -0.1) is 0 Å². The molecular formula is C17H17NO4. The summed E-state index contributed by atoms with van der Waals surface area (Å²) in [5, 5.41) is 0. The van der Waals surface area contributed by atoms with E-state index in [2.05, 4.69) is 0 Å². The summed E-state index contributed by atoms with van der Waals surface area (Å²) in [7, 11) is 1.35. The average Bonchev–Trinajstić information content (AvgIpc) is 3.15. The largest absolute Gasteiger partial charge is 0.469 e. The minimum absolute atomic E-state index is 0.0587. The molecule has 0 aromatic heterocycles. The van der Waals surface area contributed by atoms with Crippen LogP contribution in [0.1, 0.15) is 5.56 Å². The van der Waals surface area contributed by atoms with Gasteiger partial charge in [0.25, 0.3) is 0 Å². The molecule has 2 fully saturated rings. The van der Waals surface area contributed by atoms with E-state index in [4.69, 9.17) is 9.47 Å². The summed E-state index contributed by atoms with van der Waals surface area (Å²) in [5.74, 6) is -1.47. The number of esters is 1. The lowest BCUT2D eigenvalue weighted by molar-refractivity contribution is -0.149. The lowest BCUT2D eigenvalue weighted by atomic mass is 9.77. The average molecular weight is 299 g/mol. The molecule has 1 aromatic rings. The van der Waals surface area contributed by atoms with Gasteiger partial charge in [-0.1, -0.05) is 30.4 Å². The van der Waals surface area contributed by atoms with Gasteiger partial charge in [0.15, 0.2) is 0 Å². The highest BCUT2D eigenvalue weighted by molar-refractivity contribution is 6.03. The van der Waals surface area contributed by atoms with Crippen molar-refractivity contribution in [3.05, 3.63) is 42.0 Å². The minimum Gasteiger partial charge on any atom is -0.469 e. The van der Waals surface area contributed by atoms with Crippen molar-refractivity contribution in [2.75, 3.05) is 18.6 Å². The van der Waals surface area contributed by atoms with E-state index in [1.165, 1.54) is 7.11 Å². The highest BCUT2D eigenvalue weighted by Crippen LogP contribution is 2.53. The fraction of sp³-hybridized carbons (Fsp3) is 0.412. The Morgan fingerprint density at radius 3 is 2.91 bits per heavy atom. The van der Waals surface area contributed by atoms with Gasteiger partial charge in [0.1, 0.15) is 11.5 Å². The van der Waals surface area contributed by atoms with Crippen molar-refractivity contribution in [1.82, 2.24) is 0 Å². The first-order chi connectivity index (χ1) is 10.6. The molecule has 0 saturated carbocycles. The lowest BCUT2D eigenvalue weighted by Crippen LogP contribution is -2.39. The number of carbonyl (C=O) groups is 2. The van der Waals surface area contributed by atoms with E-state index in [9.17, 15) is 9.59 Å². The third-order valence-electron chi connectivity index (χ3n) is 4.98. The molecule has 4 atom stereocenters. The monoisotopic (exact) mass is 299 g/mol. The van der Waals surface area contributed by atoms with Crippen LogP contribution in [-0.2, 0) is 19.1 Å². The topological polar surface area (TPSA) is 55.8 Å². The van der Waals surface area contributed by atoms with Crippen LogP contribution in [0.5, 0.6) is 0 Å². The van der Waals surface area contributed by atoms with Crippen LogP contribution in [0.4, 0.5) is 5.69 Å². The van der Waals surface area contributed by atoms with Gasteiger partial charge in [-0.3, -0.25) is 9.59 Å². The number of amides is 1. The molecule has 0 N–H and O–H groups in total. The van der Waals surface area contributed by atoms with Crippen LogP contribution in [0, 0.1) is 18.8 Å². The quantitative estimate of drug-likeness (QED) is 0.613. The molecular weight excluding hydrogens is 282 g/mol. The Balaban J connectivity index is 1.75. The number of hydrogen-bond donors (Lipinski definition) is 0. The molecule has 4 rings (SSSR count). The molecule has 0 radical (unpaired) electrons. The van der Waals surface area contributed by atoms with Crippen molar-refractivity contribution in [2.45, 2.75) is 18.6 Å². The number of anilines is 1. The lowest BCUT2D eigenvalue weighted by Gasteiger charge is -2.22. The van der Waals surface area contributed by atoms with E-state index >= 15 is 0 Å². The first kappa shape index (κ1) is 13.5. The van der Waals surface area contributed by atoms with Crippen LogP contribution >= 0.6 is 0 Å². The Morgan fingerprint density at radius 2 is 2.18 bits per heavy atom. The van der Waals surface area contributed by atoms with Crippen LogP contribution in [0.25, 0.3) is 0 Å². The summed E-state index contributed by atoms with van der Waals surface area (Å²) >= 11 is 0. The highest BCUT2D eigenvalue weighted by atomic mass is 16.5. The number of hydrogen-bond acceptors (Lipinski definition) is 4. The van der Waals surface area contributed by atoms with Crippen LogP contribution < -0.4 is 4.90 Å². The van der Waals surface area contributed by atoms with Crippen molar-refractivity contribution >= 4 is 17.6 Å². The SMILES string of the molecule is COC(=O)[C@@H]1[C@H]2C(=O)N(c3ccccc3C)C[C@]23C=C[C@H]1O3. The van der Waals surface area contributed by atoms with Crippen molar-refractivity contribution in [2.24, 2.45) is 11.8 Å². The molecule has 5 heteroatoms. The van der Waals surface area contributed by atoms with Crippen LogP contribution in [-0.4, -0.2) is 37.2 Å². The Kier molecular flexibility index (Phi) is 2.72. The molecule has 3 aliphatic heterocycles. The van der Waals surface area contributed by atoms with E-state index in [-0.39, 0.29) is 18.0 Å². The third-order valence-corrected chi connectivity index (χ3v) is 4.98. The zero-order chi connectivity index (χ0) is 15.5. The second kappa shape index (κ2) is 4.43. The van der Waals surface area contributed by atoms with Crippen molar-refractivity contribution in [3.8, 4) is 0 Å². The predicted molar refractivity (Wildman–Crippen MR) is 79.3 cm³/mol. The van der Waals surface area contributed by atoms with E-state index in [1.807, 2.05) is 43.3 Å². The summed E-state index contributed by atoms with van der Waals surface area (Å²) < 4.78 is 10.9. The van der Waals surface area contributed by atoms with Gasteiger partial charge >= 0.3 is 5.97 Å². The summed E-state index contributed by atoms with van der Waals surface area (Å²) in [6.45, 7) is 2.42. The molecule has 2 saturated heterocycles. The fourth-order valence-electron chi connectivity index (χ4n) is 3.97. The maximum atomic E-state index is 13.0. The van der Waals surface area contributed by atoms with Crippen molar-refractivity contribution in [1.29, 1.82) is 0 Å². The van der Waals surface area contributed by atoms with Crippen molar-refractivity contribution < 1.29 is 19.1 Å². The van der Waals surface area contributed by atoms with E-state index in [0.717, 1.165) is 11.3 Å². The molecule has 2 bridgehead atoms. The molecule has 1 amide bonds. The molecule has 1 spiro atoms. The van der Waals surface area contributed by atoms with Crippen LogP contribution in [0.3, 0.4) is 0 Å². The summed E-state index contributed by atoms with van der Waals surface area (Å²) in [6, 6.07) is 7.75. The number of aryl methyl sites for hydroxylation is 1. The Hall–Kier alpha value is -2.14. The molecule has 3 heterocycles. The molecule has 0 unspecified atom stereocenters. The van der Waals surface area contributed by atoms with Gasteiger partial charge in [0.2, 0.25) is 5.91 Å². The Labute approximate surface area is 128 Å². The minimum atomic E-state index is -0.692. The molecule has 5 nitrogen and oxygen atoms in total. The first-order valence-electron chi connectivity index (χ1n) is 7.39. The number of benzene rings is 1. The van der Waals surface area contributed by atoms with Crippen molar-refractivity contribution in [3.63, 3.8) is 0 Å². The number of nitrogens with zero attached hydrogens (tertiary/aromatic N) is 1. The number of para-hydroxylation sites is 1. The van der Waals surface area contributed by atoms with Gasteiger partial charge in [0, 0.05) is 5.69 Å². The van der Waals surface area contributed by atoms with Gasteiger partial charge in [-0.2, -0.15) is 0 Å². The van der Waals surface area contributed by atoms with Gasteiger partial charge in [0.05, 0.1) is 25.7 Å². The highest BCUT2D eigenvalue weighted by Gasteiger charge is 2.67. The van der Waals surface area contributed by atoms with Gasteiger partial charge in [-0.05, 0) is 18.6 Å². The number of fused-ring (bicyclic) bond motifs is 1. The van der Waals surface area contributed by atoms with Crippen LogP contribution in [0.15, 0.2) is 36.4 Å². The van der Waals surface area contributed by atoms with E-state index < -0.39 is 17.4 Å². The second-order valence-corrected chi connectivity index (χ2v) is 6.13. The predicted octanol–water partition coefficient (Wildman–Crippen LogP) is 1.45.